The molecule has 18 heavy (non-hydrogen) atoms. The maximum Gasteiger partial charge on any atom is 0.0798 e. The van der Waals surface area contributed by atoms with Gasteiger partial charge in [0.25, 0.3) is 0 Å². The molecule has 1 atom stereocenters. The molecule has 1 unspecified atom stereocenters. The molecule has 0 fully saturated rings. The number of aromatic nitrogens is 1. The lowest BCUT2D eigenvalue weighted by Crippen LogP contribution is -2.20. The van der Waals surface area contributed by atoms with E-state index < -0.39 is 0 Å². The van der Waals surface area contributed by atoms with E-state index in [2.05, 4.69) is 22.4 Å². The molecule has 0 radical (unpaired) electrons. The molecular formula is C14H19N3S. The highest BCUT2D eigenvalue weighted by molar-refractivity contribution is 7.09. The highest BCUT2D eigenvalue weighted by Crippen LogP contribution is 2.13. The van der Waals surface area contributed by atoms with Crippen molar-refractivity contribution in [3.63, 3.8) is 0 Å². The fourth-order valence-corrected chi connectivity index (χ4v) is 2.57. The Morgan fingerprint density at radius 2 is 2.11 bits per heavy atom. The third-order valence-electron chi connectivity index (χ3n) is 2.99. The number of hydrogen-bond acceptors (Lipinski definition) is 4. The van der Waals surface area contributed by atoms with Gasteiger partial charge in [-0.3, -0.25) is 0 Å². The summed E-state index contributed by atoms with van der Waals surface area (Å²) in [6.45, 7) is 3.86. The Kier molecular flexibility index (Phi) is 4.87. The minimum absolute atomic E-state index is 0.112. The maximum atomic E-state index is 6.13. The van der Waals surface area contributed by atoms with Crippen molar-refractivity contribution < 1.29 is 0 Å². The summed E-state index contributed by atoms with van der Waals surface area (Å²) in [7, 11) is 0. The van der Waals surface area contributed by atoms with Gasteiger partial charge in [-0.25, -0.2) is 4.98 Å². The van der Waals surface area contributed by atoms with E-state index in [1.807, 2.05) is 30.6 Å². The zero-order valence-corrected chi connectivity index (χ0v) is 11.4. The van der Waals surface area contributed by atoms with E-state index in [1.54, 1.807) is 11.3 Å². The van der Waals surface area contributed by atoms with Crippen LogP contribution in [0.5, 0.6) is 0 Å². The van der Waals surface area contributed by atoms with E-state index in [0.29, 0.717) is 0 Å². The average molecular weight is 261 g/mol. The number of nitrogens with zero attached hydrogens (tertiary/aromatic N) is 1. The van der Waals surface area contributed by atoms with Crippen molar-refractivity contribution in [3.05, 3.63) is 52.0 Å². The molecule has 3 N–H and O–H groups in total. The zero-order chi connectivity index (χ0) is 12.8. The topological polar surface area (TPSA) is 50.9 Å². The summed E-state index contributed by atoms with van der Waals surface area (Å²) in [5.41, 5.74) is 10.4. The Morgan fingerprint density at radius 3 is 2.78 bits per heavy atom. The van der Waals surface area contributed by atoms with E-state index >= 15 is 0 Å². The average Bonchev–Trinajstić information content (AvgIpc) is 2.81. The predicted molar refractivity (Wildman–Crippen MR) is 76.5 cm³/mol. The normalized spacial score (nSPS) is 12.6. The monoisotopic (exact) mass is 261 g/mol. The van der Waals surface area contributed by atoms with Gasteiger partial charge in [0, 0.05) is 17.5 Å². The van der Waals surface area contributed by atoms with Crippen LogP contribution in [0, 0.1) is 6.92 Å². The van der Waals surface area contributed by atoms with Gasteiger partial charge in [-0.1, -0.05) is 30.3 Å². The van der Waals surface area contributed by atoms with Crippen LogP contribution in [-0.2, 0) is 6.54 Å². The van der Waals surface area contributed by atoms with Gasteiger partial charge < -0.3 is 11.1 Å². The van der Waals surface area contributed by atoms with Crippen molar-refractivity contribution in [1.82, 2.24) is 10.3 Å². The van der Waals surface area contributed by atoms with Crippen molar-refractivity contribution in [2.45, 2.75) is 25.9 Å². The van der Waals surface area contributed by atoms with Crippen LogP contribution in [0.4, 0.5) is 0 Å². The third-order valence-corrected chi connectivity index (χ3v) is 3.93. The van der Waals surface area contributed by atoms with Crippen LogP contribution in [0.1, 0.15) is 28.6 Å². The zero-order valence-electron chi connectivity index (χ0n) is 10.6. The molecule has 0 spiro atoms. The van der Waals surface area contributed by atoms with Crippen LogP contribution in [-0.4, -0.2) is 11.5 Å². The van der Waals surface area contributed by atoms with Crippen molar-refractivity contribution in [3.8, 4) is 0 Å². The second-order valence-electron chi connectivity index (χ2n) is 4.34. The predicted octanol–water partition coefficient (Wildman–Crippen LogP) is 2.63. The standard InChI is InChI=1S/C14H19N3S/c1-11-14(18-10-17-11)9-16-8-7-13(15)12-5-3-2-4-6-12/h2-6,10,13,16H,7-9,15H2,1H3. The lowest BCUT2D eigenvalue weighted by Gasteiger charge is -2.12. The first-order chi connectivity index (χ1) is 8.77. The minimum atomic E-state index is 0.112. The number of hydrogen-bond donors (Lipinski definition) is 2. The fourth-order valence-electron chi connectivity index (χ4n) is 1.82. The molecule has 0 bridgehead atoms. The van der Waals surface area contributed by atoms with E-state index in [4.69, 9.17) is 5.73 Å². The summed E-state index contributed by atoms with van der Waals surface area (Å²) in [6, 6.07) is 10.4. The van der Waals surface area contributed by atoms with E-state index in [1.165, 1.54) is 10.4 Å². The van der Waals surface area contributed by atoms with Gasteiger partial charge in [-0.05, 0) is 25.5 Å². The maximum absolute atomic E-state index is 6.13. The molecule has 4 heteroatoms. The third kappa shape index (κ3) is 3.63. The Bertz CT molecular complexity index is 467. The molecule has 0 saturated carbocycles. The Morgan fingerprint density at radius 1 is 1.33 bits per heavy atom. The summed E-state index contributed by atoms with van der Waals surface area (Å²) >= 11 is 1.70. The van der Waals surface area contributed by atoms with Gasteiger partial charge in [-0.2, -0.15) is 0 Å². The highest BCUT2D eigenvalue weighted by atomic mass is 32.1. The van der Waals surface area contributed by atoms with E-state index in [0.717, 1.165) is 25.2 Å². The Hall–Kier alpha value is -1.23. The molecule has 1 aromatic carbocycles. The quantitative estimate of drug-likeness (QED) is 0.786. The van der Waals surface area contributed by atoms with Crippen molar-refractivity contribution in [2.24, 2.45) is 5.73 Å². The molecule has 2 rings (SSSR count). The van der Waals surface area contributed by atoms with Crippen LogP contribution < -0.4 is 11.1 Å². The number of nitrogens with one attached hydrogen (secondary N) is 1. The fraction of sp³-hybridized carbons (Fsp3) is 0.357. The van der Waals surface area contributed by atoms with Gasteiger partial charge >= 0.3 is 0 Å². The van der Waals surface area contributed by atoms with Gasteiger partial charge in [0.2, 0.25) is 0 Å². The lowest BCUT2D eigenvalue weighted by molar-refractivity contribution is 0.581. The van der Waals surface area contributed by atoms with Crippen molar-refractivity contribution >= 4 is 11.3 Å². The SMILES string of the molecule is Cc1ncsc1CNCCC(N)c1ccccc1. The molecule has 0 saturated heterocycles. The van der Waals surface area contributed by atoms with Gasteiger partial charge in [0.05, 0.1) is 11.2 Å². The van der Waals surface area contributed by atoms with Gasteiger partial charge in [0.1, 0.15) is 0 Å². The second-order valence-corrected chi connectivity index (χ2v) is 5.28. The highest BCUT2D eigenvalue weighted by Gasteiger charge is 2.05. The summed E-state index contributed by atoms with van der Waals surface area (Å²) in [4.78, 5) is 5.54. The number of nitrogens with two attached hydrogens (primary N) is 1. The van der Waals surface area contributed by atoms with Gasteiger partial charge in [0.15, 0.2) is 0 Å². The first-order valence-electron chi connectivity index (χ1n) is 6.17. The first-order valence-corrected chi connectivity index (χ1v) is 7.05. The van der Waals surface area contributed by atoms with Crippen molar-refractivity contribution in [2.75, 3.05) is 6.54 Å². The van der Waals surface area contributed by atoms with E-state index in [9.17, 15) is 0 Å². The summed E-state index contributed by atoms with van der Waals surface area (Å²) in [6.07, 6.45) is 0.946. The first kappa shape index (κ1) is 13.2. The molecule has 3 nitrogen and oxygen atoms in total. The van der Waals surface area contributed by atoms with Crippen LogP contribution in [0.25, 0.3) is 0 Å². The van der Waals surface area contributed by atoms with Gasteiger partial charge in [-0.15, -0.1) is 11.3 Å². The largest absolute Gasteiger partial charge is 0.324 e. The Labute approximate surface area is 112 Å². The van der Waals surface area contributed by atoms with Crippen LogP contribution in [0.15, 0.2) is 35.8 Å². The molecule has 1 aromatic heterocycles. The smallest absolute Gasteiger partial charge is 0.0798 e. The number of benzene rings is 1. The second kappa shape index (κ2) is 6.64. The summed E-state index contributed by atoms with van der Waals surface area (Å²) in [5.74, 6) is 0. The lowest BCUT2D eigenvalue weighted by atomic mass is 10.1. The minimum Gasteiger partial charge on any atom is -0.324 e. The summed E-state index contributed by atoms with van der Waals surface area (Å²) in [5, 5.41) is 3.42. The van der Waals surface area contributed by atoms with Crippen LogP contribution in [0.3, 0.4) is 0 Å². The molecule has 2 aromatic rings. The molecule has 96 valence electrons. The molecule has 0 amide bonds. The van der Waals surface area contributed by atoms with Crippen LogP contribution in [0.2, 0.25) is 0 Å². The molecule has 0 aliphatic heterocycles. The molecule has 1 heterocycles. The molecule has 0 aliphatic rings. The number of aryl methyl sites for hydroxylation is 1. The summed E-state index contributed by atoms with van der Waals surface area (Å²) < 4.78 is 0. The number of rotatable bonds is 6. The Balaban J connectivity index is 1.71. The molecular weight excluding hydrogens is 242 g/mol. The van der Waals surface area contributed by atoms with E-state index in [-0.39, 0.29) is 6.04 Å². The molecule has 0 aliphatic carbocycles. The van der Waals surface area contributed by atoms with Crippen LogP contribution >= 0.6 is 11.3 Å². The number of thiazole rings is 1. The van der Waals surface area contributed by atoms with Crippen molar-refractivity contribution in [1.29, 1.82) is 0 Å².